The molecule has 1 aliphatic heterocycles. The Morgan fingerprint density at radius 3 is 3.06 bits per heavy atom. The predicted octanol–water partition coefficient (Wildman–Crippen LogP) is 1.45. The maximum absolute atomic E-state index is 11.7. The van der Waals surface area contributed by atoms with E-state index in [-0.39, 0.29) is 12.5 Å². The Bertz CT molecular complexity index is 472. The van der Waals surface area contributed by atoms with Gasteiger partial charge in [0.15, 0.2) is 0 Å². The van der Waals surface area contributed by atoms with Gasteiger partial charge in [0.05, 0.1) is 6.54 Å². The van der Waals surface area contributed by atoms with Crippen LogP contribution in [0.1, 0.15) is 0 Å². The van der Waals surface area contributed by atoms with Crippen LogP contribution in [0.4, 0.5) is 5.82 Å². The van der Waals surface area contributed by atoms with Crippen molar-refractivity contribution in [1.82, 2.24) is 14.9 Å². The molecule has 1 aromatic heterocycles. The first kappa shape index (κ1) is 11.6. The van der Waals surface area contributed by atoms with Crippen molar-refractivity contribution < 1.29 is 4.79 Å². The number of hydrogen-bond donors (Lipinski definition) is 1. The molecule has 1 aromatic rings. The van der Waals surface area contributed by atoms with E-state index in [0.29, 0.717) is 11.0 Å². The molecule has 0 bridgehead atoms. The fourth-order valence-electron chi connectivity index (χ4n) is 1.39. The largest absolute Gasteiger partial charge is 0.364 e. The summed E-state index contributed by atoms with van der Waals surface area (Å²) in [5.74, 6) is 0.270. The summed E-state index contributed by atoms with van der Waals surface area (Å²) in [5, 5.41) is 2.96. The van der Waals surface area contributed by atoms with E-state index >= 15 is 0 Å². The average Bonchev–Trinajstić information content (AvgIpc) is 2.30. The van der Waals surface area contributed by atoms with Crippen molar-refractivity contribution in [3.8, 4) is 0 Å². The number of aromatic nitrogens is 2. The maximum Gasteiger partial charge on any atom is 0.245 e. The Kier molecular flexibility index (Phi) is 3.72. The molecule has 0 saturated heterocycles. The average molecular weight is 251 g/mol. The lowest BCUT2D eigenvalue weighted by atomic mass is 10.3. The summed E-state index contributed by atoms with van der Waals surface area (Å²) in [6, 6.07) is 1.51. The van der Waals surface area contributed by atoms with Crippen molar-refractivity contribution in [3.63, 3.8) is 0 Å². The third kappa shape index (κ3) is 3.57. The van der Waals surface area contributed by atoms with Gasteiger partial charge in [0, 0.05) is 12.6 Å². The van der Waals surface area contributed by atoms with Gasteiger partial charge in [-0.3, -0.25) is 4.79 Å². The second kappa shape index (κ2) is 5.45. The standard InChI is InChI=1S/C11H11ClN4O/c12-9-6-10(14-8-13-9)15-11(17)7-16-4-2-1-3-5-16/h1-4,6,8H,5,7H2,(H,13,14,15,17). The highest BCUT2D eigenvalue weighted by atomic mass is 35.5. The second-order valence-electron chi connectivity index (χ2n) is 3.47. The van der Waals surface area contributed by atoms with Crippen LogP contribution in [-0.2, 0) is 4.79 Å². The lowest BCUT2D eigenvalue weighted by molar-refractivity contribution is -0.116. The van der Waals surface area contributed by atoms with E-state index in [1.165, 1.54) is 12.4 Å². The molecule has 1 N–H and O–H groups in total. The molecule has 88 valence electrons. The molecule has 0 saturated carbocycles. The molecule has 0 fully saturated rings. The number of allylic oxidation sites excluding steroid dienone is 2. The van der Waals surface area contributed by atoms with Crippen molar-refractivity contribution in [2.45, 2.75) is 0 Å². The van der Waals surface area contributed by atoms with Gasteiger partial charge in [-0.15, -0.1) is 0 Å². The summed E-state index contributed by atoms with van der Waals surface area (Å²) in [5.41, 5.74) is 0. The molecule has 2 rings (SSSR count). The van der Waals surface area contributed by atoms with Crippen LogP contribution in [0.25, 0.3) is 0 Å². The van der Waals surface area contributed by atoms with Gasteiger partial charge >= 0.3 is 0 Å². The van der Waals surface area contributed by atoms with Crippen LogP contribution in [0.3, 0.4) is 0 Å². The molecule has 5 nitrogen and oxygen atoms in total. The van der Waals surface area contributed by atoms with Gasteiger partial charge in [0.1, 0.15) is 17.3 Å². The summed E-state index contributed by atoms with van der Waals surface area (Å²) >= 11 is 5.69. The number of anilines is 1. The first-order valence-electron chi connectivity index (χ1n) is 5.09. The molecule has 0 aliphatic carbocycles. The second-order valence-corrected chi connectivity index (χ2v) is 3.86. The van der Waals surface area contributed by atoms with E-state index in [4.69, 9.17) is 11.6 Å². The van der Waals surface area contributed by atoms with Crippen LogP contribution in [0.2, 0.25) is 5.15 Å². The molecular weight excluding hydrogens is 240 g/mol. The highest BCUT2D eigenvalue weighted by Crippen LogP contribution is 2.08. The quantitative estimate of drug-likeness (QED) is 0.825. The molecule has 0 unspecified atom stereocenters. The van der Waals surface area contributed by atoms with E-state index in [1.54, 1.807) is 0 Å². The predicted molar refractivity (Wildman–Crippen MR) is 65.5 cm³/mol. The summed E-state index contributed by atoms with van der Waals surface area (Å²) < 4.78 is 0. The number of rotatable bonds is 3. The fourth-order valence-corrected chi connectivity index (χ4v) is 1.54. The van der Waals surface area contributed by atoms with Crippen LogP contribution >= 0.6 is 11.6 Å². The normalized spacial score (nSPS) is 13.8. The topological polar surface area (TPSA) is 58.1 Å². The zero-order valence-electron chi connectivity index (χ0n) is 9.01. The van der Waals surface area contributed by atoms with E-state index in [1.807, 2.05) is 29.3 Å². The van der Waals surface area contributed by atoms with Crippen LogP contribution in [0.15, 0.2) is 36.8 Å². The third-order valence-corrected chi connectivity index (χ3v) is 2.34. The van der Waals surface area contributed by atoms with Gasteiger partial charge in [0.2, 0.25) is 5.91 Å². The molecule has 17 heavy (non-hydrogen) atoms. The lowest BCUT2D eigenvalue weighted by Gasteiger charge is -2.19. The number of hydrogen-bond acceptors (Lipinski definition) is 4. The van der Waals surface area contributed by atoms with Crippen LogP contribution in [-0.4, -0.2) is 33.9 Å². The van der Waals surface area contributed by atoms with Crippen LogP contribution in [0.5, 0.6) is 0 Å². The minimum Gasteiger partial charge on any atom is -0.364 e. The smallest absolute Gasteiger partial charge is 0.245 e. The van der Waals surface area contributed by atoms with E-state index < -0.39 is 0 Å². The molecular formula is C11H11ClN4O. The van der Waals surface area contributed by atoms with Gasteiger partial charge in [-0.1, -0.05) is 23.8 Å². The Hall–Kier alpha value is -1.88. The summed E-state index contributed by atoms with van der Waals surface area (Å²) in [4.78, 5) is 21.2. The molecule has 1 aliphatic rings. The third-order valence-electron chi connectivity index (χ3n) is 2.13. The first-order valence-corrected chi connectivity index (χ1v) is 5.46. The first-order chi connectivity index (χ1) is 8.24. The molecule has 0 atom stereocenters. The molecule has 6 heteroatoms. The molecule has 0 radical (unpaired) electrons. The van der Waals surface area contributed by atoms with Crippen molar-refractivity contribution in [2.24, 2.45) is 0 Å². The van der Waals surface area contributed by atoms with Crippen molar-refractivity contribution in [2.75, 3.05) is 18.4 Å². The molecule has 0 aromatic carbocycles. The van der Waals surface area contributed by atoms with Crippen molar-refractivity contribution >= 4 is 23.3 Å². The lowest BCUT2D eigenvalue weighted by Crippen LogP contribution is -2.30. The zero-order valence-corrected chi connectivity index (χ0v) is 9.76. The van der Waals surface area contributed by atoms with Crippen LogP contribution < -0.4 is 5.32 Å². The number of carbonyl (C=O) groups excluding carboxylic acids is 1. The number of amides is 1. The minimum absolute atomic E-state index is 0.139. The number of nitrogens with zero attached hydrogens (tertiary/aromatic N) is 3. The van der Waals surface area contributed by atoms with E-state index in [0.717, 1.165) is 6.54 Å². The fraction of sp³-hybridized carbons (Fsp3) is 0.182. The van der Waals surface area contributed by atoms with Crippen molar-refractivity contribution in [3.05, 3.63) is 42.0 Å². The van der Waals surface area contributed by atoms with Gasteiger partial charge in [-0.25, -0.2) is 9.97 Å². The summed E-state index contributed by atoms with van der Waals surface area (Å²) in [6.45, 7) is 1.01. The molecule has 1 amide bonds. The summed E-state index contributed by atoms with van der Waals surface area (Å²) in [6.07, 6.45) is 8.99. The van der Waals surface area contributed by atoms with E-state index in [2.05, 4.69) is 15.3 Å². The number of carbonyl (C=O) groups is 1. The van der Waals surface area contributed by atoms with Gasteiger partial charge < -0.3 is 10.2 Å². The SMILES string of the molecule is O=C(CN1C=CC=CC1)Nc1cc(Cl)ncn1. The minimum atomic E-state index is -0.139. The number of halogens is 1. The van der Waals surface area contributed by atoms with Gasteiger partial charge in [0.25, 0.3) is 0 Å². The van der Waals surface area contributed by atoms with E-state index in [9.17, 15) is 4.79 Å². The number of nitrogens with one attached hydrogen (secondary N) is 1. The Labute approximate surface area is 104 Å². The Morgan fingerprint density at radius 2 is 2.35 bits per heavy atom. The zero-order chi connectivity index (χ0) is 12.1. The summed E-state index contributed by atoms with van der Waals surface area (Å²) in [7, 11) is 0. The highest BCUT2D eigenvalue weighted by molar-refractivity contribution is 6.29. The van der Waals surface area contributed by atoms with Gasteiger partial charge in [-0.05, 0) is 12.3 Å². The van der Waals surface area contributed by atoms with Crippen LogP contribution in [0, 0.1) is 0 Å². The molecule has 0 spiro atoms. The van der Waals surface area contributed by atoms with Gasteiger partial charge in [-0.2, -0.15) is 0 Å². The Morgan fingerprint density at radius 1 is 1.47 bits per heavy atom. The monoisotopic (exact) mass is 250 g/mol. The maximum atomic E-state index is 11.7. The van der Waals surface area contributed by atoms with Crippen molar-refractivity contribution in [1.29, 1.82) is 0 Å². The molecule has 2 heterocycles. The highest BCUT2D eigenvalue weighted by Gasteiger charge is 2.08. The Balaban J connectivity index is 1.89.